The largest absolute Gasteiger partial charge is 0.467 e. The molecule has 0 saturated carbocycles. The molecule has 0 aliphatic carbocycles. The van der Waals surface area contributed by atoms with Crippen LogP contribution in [-0.4, -0.2) is 11.7 Å². The summed E-state index contributed by atoms with van der Waals surface area (Å²) in [6.45, 7) is 0.428. The Morgan fingerprint density at radius 2 is 2.00 bits per heavy atom. The highest BCUT2D eigenvalue weighted by atomic mass is 32.2. The van der Waals surface area contributed by atoms with Crippen molar-refractivity contribution >= 4 is 17.4 Å². The summed E-state index contributed by atoms with van der Waals surface area (Å²) in [5.41, 5.74) is 2.03. The van der Waals surface area contributed by atoms with Gasteiger partial charge in [0, 0.05) is 34.8 Å². The summed E-state index contributed by atoms with van der Waals surface area (Å²) in [5.74, 6) is 1.38. The third-order valence-corrected chi connectivity index (χ3v) is 4.49. The van der Waals surface area contributed by atoms with Crippen molar-refractivity contribution in [3.8, 4) is 5.75 Å². The van der Waals surface area contributed by atoms with E-state index in [1.54, 1.807) is 18.2 Å². The fourth-order valence-electron chi connectivity index (χ4n) is 2.38. The predicted molar refractivity (Wildman–Crippen MR) is 84.8 cm³/mol. The second kappa shape index (κ2) is 6.97. The van der Waals surface area contributed by atoms with Gasteiger partial charge < -0.3 is 9.47 Å². The first kappa shape index (κ1) is 15.8. The molecule has 1 heterocycles. The van der Waals surface area contributed by atoms with E-state index in [0.717, 1.165) is 5.56 Å². The minimum Gasteiger partial charge on any atom is -0.467 e. The smallest absolute Gasteiger partial charge is 0.270 e. The van der Waals surface area contributed by atoms with Crippen molar-refractivity contribution in [1.29, 1.82) is 0 Å². The Morgan fingerprint density at radius 1 is 1.22 bits per heavy atom. The standard InChI is InChI=1S/C16H14FNO4S/c17-15-4-2-1-3-11(15)8-23-9-13-6-14(18(19)20)5-12-7-21-10-22-16(12)13/h1-6H,7-10H2. The fraction of sp³-hybridized carbons (Fsp3) is 0.250. The summed E-state index contributed by atoms with van der Waals surface area (Å²) in [6.07, 6.45) is 0. The van der Waals surface area contributed by atoms with Crippen molar-refractivity contribution in [1.82, 2.24) is 0 Å². The molecular formula is C16H14FNO4S. The predicted octanol–water partition coefficient (Wildman–Crippen LogP) is 4.03. The normalized spacial score (nSPS) is 13.3. The molecule has 0 N–H and O–H groups in total. The van der Waals surface area contributed by atoms with Gasteiger partial charge >= 0.3 is 0 Å². The molecule has 1 aliphatic rings. The fourth-order valence-corrected chi connectivity index (χ4v) is 3.37. The van der Waals surface area contributed by atoms with E-state index in [-0.39, 0.29) is 18.3 Å². The van der Waals surface area contributed by atoms with Crippen LogP contribution < -0.4 is 4.74 Å². The van der Waals surface area contributed by atoms with Crippen LogP contribution in [0.25, 0.3) is 0 Å². The molecule has 0 fully saturated rings. The van der Waals surface area contributed by atoms with E-state index >= 15 is 0 Å². The summed E-state index contributed by atoms with van der Waals surface area (Å²) < 4.78 is 24.3. The molecule has 23 heavy (non-hydrogen) atoms. The molecule has 7 heteroatoms. The van der Waals surface area contributed by atoms with Crippen LogP contribution in [-0.2, 0) is 22.8 Å². The summed E-state index contributed by atoms with van der Waals surface area (Å²) >= 11 is 1.48. The molecule has 3 rings (SSSR count). The van der Waals surface area contributed by atoms with Crippen LogP contribution in [0.1, 0.15) is 16.7 Å². The second-order valence-electron chi connectivity index (χ2n) is 5.05. The number of fused-ring (bicyclic) bond motifs is 1. The molecule has 2 aromatic carbocycles. The molecule has 1 aliphatic heterocycles. The van der Waals surface area contributed by atoms with Crippen molar-refractivity contribution in [2.24, 2.45) is 0 Å². The first-order valence-corrected chi connectivity index (χ1v) is 8.12. The topological polar surface area (TPSA) is 61.6 Å². The zero-order chi connectivity index (χ0) is 16.2. The molecule has 0 amide bonds. The van der Waals surface area contributed by atoms with Crippen molar-refractivity contribution in [2.75, 3.05) is 6.79 Å². The Labute approximate surface area is 136 Å². The number of nitro groups is 1. The zero-order valence-electron chi connectivity index (χ0n) is 12.2. The third-order valence-electron chi connectivity index (χ3n) is 3.46. The second-order valence-corrected chi connectivity index (χ2v) is 6.03. The van der Waals surface area contributed by atoms with Gasteiger partial charge in [0.15, 0.2) is 6.79 Å². The molecule has 0 spiro atoms. The molecule has 0 radical (unpaired) electrons. The quantitative estimate of drug-likeness (QED) is 0.610. The van der Waals surface area contributed by atoms with E-state index in [0.29, 0.717) is 35.0 Å². The number of non-ortho nitro benzene ring substituents is 1. The van der Waals surface area contributed by atoms with Crippen molar-refractivity contribution in [3.05, 3.63) is 69.0 Å². The lowest BCUT2D eigenvalue weighted by molar-refractivity contribution is -0.385. The molecule has 5 nitrogen and oxygen atoms in total. The third kappa shape index (κ3) is 3.62. The molecule has 0 atom stereocenters. The van der Waals surface area contributed by atoms with Crippen LogP contribution in [0.3, 0.4) is 0 Å². The molecule has 0 unspecified atom stereocenters. The van der Waals surface area contributed by atoms with Crippen LogP contribution in [0.2, 0.25) is 0 Å². The monoisotopic (exact) mass is 335 g/mol. The van der Waals surface area contributed by atoms with Crippen LogP contribution in [0.15, 0.2) is 36.4 Å². The highest BCUT2D eigenvalue weighted by molar-refractivity contribution is 7.97. The van der Waals surface area contributed by atoms with Crippen LogP contribution in [0.5, 0.6) is 5.75 Å². The summed E-state index contributed by atoms with van der Waals surface area (Å²) in [6, 6.07) is 9.57. The lowest BCUT2D eigenvalue weighted by Crippen LogP contribution is -2.13. The number of ether oxygens (including phenoxy) is 2. The number of rotatable bonds is 5. The Morgan fingerprint density at radius 3 is 2.78 bits per heavy atom. The number of hydrogen-bond acceptors (Lipinski definition) is 5. The number of nitro benzene ring substituents is 1. The van der Waals surface area contributed by atoms with E-state index in [1.165, 1.54) is 30.0 Å². The maximum Gasteiger partial charge on any atom is 0.270 e. The highest BCUT2D eigenvalue weighted by Gasteiger charge is 2.20. The Bertz CT molecular complexity index is 738. The van der Waals surface area contributed by atoms with E-state index in [4.69, 9.17) is 9.47 Å². The Balaban J connectivity index is 1.77. The van der Waals surface area contributed by atoms with Crippen molar-refractivity contribution in [2.45, 2.75) is 18.1 Å². The minimum atomic E-state index is -0.431. The average Bonchev–Trinajstić information content (AvgIpc) is 2.56. The van der Waals surface area contributed by atoms with Gasteiger partial charge in [-0.3, -0.25) is 10.1 Å². The maximum atomic E-state index is 13.6. The zero-order valence-corrected chi connectivity index (χ0v) is 13.0. The molecule has 0 aromatic heterocycles. The average molecular weight is 335 g/mol. The van der Waals surface area contributed by atoms with E-state index in [2.05, 4.69) is 0 Å². The first-order chi connectivity index (χ1) is 11.1. The SMILES string of the molecule is O=[N+]([O-])c1cc2c(c(CSCc3ccccc3F)c1)OCOC2. The number of halogens is 1. The molecule has 120 valence electrons. The van der Waals surface area contributed by atoms with Gasteiger partial charge in [-0.05, 0) is 11.6 Å². The highest BCUT2D eigenvalue weighted by Crippen LogP contribution is 2.35. The van der Waals surface area contributed by atoms with Crippen molar-refractivity contribution < 1.29 is 18.8 Å². The van der Waals surface area contributed by atoms with E-state index in [1.807, 2.05) is 0 Å². The molecule has 2 aromatic rings. The lowest BCUT2D eigenvalue weighted by Gasteiger charge is -2.20. The first-order valence-electron chi connectivity index (χ1n) is 6.97. The van der Waals surface area contributed by atoms with Crippen LogP contribution in [0.4, 0.5) is 10.1 Å². The Kier molecular flexibility index (Phi) is 4.78. The number of nitrogens with zero attached hydrogens (tertiary/aromatic N) is 1. The number of benzene rings is 2. The van der Waals surface area contributed by atoms with Gasteiger partial charge in [-0.15, -0.1) is 0 Å². The van der Waals surface area contributed by atoms with Gasteiger partial charge in [-0.25, -0.2) is 4.39 Å². The van der Waals surface area contributed by atoms with E-state index in [9.17, 15) is 14.5 Å². The van der Waals surface area contributed by atoms with Gasteiger partial charge in [-0.2, -0.15) is 11.8 Å². The number of hydrogen-bond donors (Lipinski definition) is 0. The van der Waals surface area contributed by atoms with Gasteiger partial charge in [-0.1, -0.05) is 18.2 Å². The summed E-state index contributed by atoms with van der Waals surface area (Å²) in [7, 11) is 0. The van der Waals surface area contributed by atoms with E-state index < -0.39 is 4.92 Å². The van der Waals surface area contributed by atoms with Gasteiger partial charge in [0.1, 0.15) is 11.6 Å². The number of thioether (sulfide) groups is 1. The summed E-state index contributed by atoms with van der Waals surface area (Å²) in [4.78, 5) is 10.6. The lowest BCUT2D eigenvalue weighted by atomic mass is 10.1. The van der Waals surface area contributed by atoms with Gasteiger partial charge in [0.25, 0.3) is 5.69 Å². The van der Waals surface area contributed by atoms with Gasteiger partial charge in [0.2, 0.25) is 0 Å². The minimum absolute atomic E-state index is 0.0133. The Hall–Kier alpha value is -2.12. The molecular weight excluding hydrogens is 321 g/mol. The summed E-state index contributed by atoms with van der Waals surface area (Å²) in [5, 5.41) is 11.0. The maximum absolute atomic E-state index is 13.6. The molecule has 0 bridgehead atoms. The van der Waals surface area contributed by atoms with Gasteiger partial charge in [0.05, 0.1) is 11.5 Å². The molecule has 0 saturated heterocycles. The van der Waals surface area contributed by atoms with Crippen LogP contribution in [0, 0.1) is 15.9 Å². The van der Waals surface area contributed by atoms with Crippen LogP contribution >= 0.6 is 11.8 Å². The van der Waals surface area contributed by atoms with Crippen molar-refractivity contribution in [3.63, 3.8) is 0 Å².